The van der Waals surface area contributed by atoms with E-state index in [9.17, 15) is 9.59 Å². The number of carbonyl (C=O) groups excluding carboxylic acids is 2. The maximum absolute atomic E-state index is 11.5. The number of ether oxygens (including phenoxy) is 2. The Morgan fingerprint density at radius 1 is 1.12 bits per heavy atom. The lowest BCUT2D eigenvalue weighted by atomic mass is 10.1. The molecule has 1 aromatic rings. The quantitative estimate of drug-likeness (QED) is 0.783. The van der Waals surface area contributed by atoms with Crippen LogP contribution in [0.15, 0.2) is 30.3 Å². The van der Waals surface area contributed by atoms with Crippen LogP contribution in [0.1, 0.15) is 11.6 Å². The minimum absolute atomic E-state index is 0.545. The van der Waals surface area contributed by atoms with Crippen LogP contribution in [0.3, 0.4) is 0 Å². The van der Waals surface area contributed by atoms with Gasteiger partial charge in [-0.2, -0.15) is 0 Å². The van der Waals surface area contributed by atoms with Crippen LogP contribution < -0.4 is 5.32 Å². The second-order valence-corrected chi connectivity index (χ2v) is 3.00. The van der Waals surface area contributed by atoms with Crippen molar-refractivity contribution in [3.63, 3.8) is 0 Å². The lowest BCUT2D eigenvalue weighted by Crippen LogP contribution is -2.34. The molecule has 5 heteroatoms. The molecule has 0 saturated heterocycles. The number of hydrogen-bond acceptors (Lipinski definition) is 4. The largest absolute Gasteiger partial charge is 0.467 e. The van der Waals surface area contributed by atoms with Gasteiger partial charge in [-0.25, -0.2) is 9.59 Å². The summed E-state index contributed by atoms with van der Waals surface area (Å²) >= 11 is 0. The number of amides is 1. The topological polar surface area (TPSA) is 64.6 Å². The summed E-state index contributed by atoms with van der Waals surface area (Å²) in [5.41, 5.74) is 0.639. The van der Waals surface area contributed by atoms with Crippen LogP contribution >= 0.6 is 0 Å². The van der Waals surface area contributed by atoms with Gasteiger partial charge >= 0.3 is 12.1 Å². The minimum Gasteiger partial charge on any atom is -0.467 e. The maximum atomic E-state index is 11.5. The van der Waals surface area contributed by atoms with E-state index in [0.717, 1.165) is 0 Å². The highest BCUT2D eigenvalue weighted by molar-refractivity contribution is 5.82. The van der Waals surface area contributed by atoms with E-state index in [2.05, 4.69) is 14.8 Å². The second-order valence-electron chi connectivity index (χ2n) is 3.00. The number of benzene rings is 1. The predicted octanol–water partition coefficient (Wildman–Crippen LogP) is 1.26. The minimum atomic E-state index is -0.848. The molecule has 1 aromatic carbocycles. The summed E-state index contributed by atoms with van der Waals surface area (Å²) in [6.07, 6.45) is -0.681. The first-order valence-electron chi connectivity index (χ1n) is 4.66. The first kappa shape index (κ1) is 12.0. The number of alkyl carbamates (subject to hydrolysis) is 1. The van der Waals surface area contributed by atoms with Crippen molar-refractivity contribution in [2.45, 2.75) is 6.04 Å². The van der Waals surface area contributed by atoms with Gasteiger partial charge in [0.1, 0.15) is 0 Å². The van der Waals surface area contributed by atoms with Gasteiger partial charge < -0.3 is 14.8 Å². The van der Waals surface area contributed by atoms with Crippen molar-refractivity contribution in [2.75, 3.05) is 14.2 Å². The van der Waals surface area contributed by atoms with Crippen molar-refractivity contribution in [3.05, 3.63) is 35.9 Å². The molecular weight excluding hydrogens is 210 g/mol. The SMILES string of the molecule is COC(=O)N[C@H](C(=O)OC)c1ccccc1. The predicted molar refractivity (Wildman–Crippen MR) is 56.7 cm³/mol. The van der Waals surface area contributed by atoms with E-state index in [1.54, 1.807) is 24.3 Å². The van der Waals surface area contributed by atoms with Gasteiger partial charge in [-0.15, -0.1) is 0 Å². The monoisotopic (exact) mass is 223 g/mol. The third kappa shape index (κ3) is 2.98. The molecular formula is C11H13NO4. The Balaban J connectivity index is 2.88. The lowest BCUT2D eigenvalue weighted by Gasteiger charge is -2.15. The van der Waals surface area contributed by atoms with E-state index in [1.165, 1.54) is 14.2 Å². The Kier molecular flexibility index (Phi) is 4.32. The van der Waals surface area contributed by atoms with Gasteiger partial charge in [-0.1, -0.05) is 30.3 Å². The molecule has 0 aliphatic carbocycles. The van der Waals surface area contributed by atoms with Crippen LogP contribution in [-0.4, -0.2) is 26.3 Å². The van der Waals surface area contributed by atoms with Crippen molar-refractivity contribution >= 4 is 12.1 Å². The lowest BCUT2D eigenvalue weighted by molar-refractivity contribution is -0.143. The van der Waals surface area contributed by atoms with Crippen LogP contribution in [0.5, 0.6) is 0 Å². The van der Waals surface area contributed by atoms with E-state index in [4.69, 9.17) is 0 Å². The molecule has 0 aromatic heterocycles. The summed E-state index contributed by atoms with van der Waals surface area (Å²) in [7, 11) is 2.49. The van der Waals surface area contributed by atoms with Gasteiger partial charge in [0.2, 0.25) is 0 Å². The smallest absolute Gasteiger partial charge is 0.407 e. The average molecular weight is 223 g/mol. The third-order valence-electron chi connectivity index (χ3n) is 2.02. The highest BCUT2D eigenvalue weighted by Crippen LogP contribution is 2.13. The molecule has 0 unspecified atom stereocenters. The molecule has 0 radical (unpaired) electrons. The maximum Gasteiger partial charge on any atom is 0.407 e. The fraction of sp³-hybridized carbons (Fsp3) is 0.273. The van der Waals surface area contributed by atoms with Crippen LogP contribution in [0, 0.1) is 0 Å². The van der Waals surface area contributed by atoms with Crippen molar-refractivity contribution in [1.29, 1.82) is 0 Å². The second kappa shape index (κ2) is 5.75. The van der Waals surface area contributed by atoms with Crippen molar-refractivity contribution in [1.82, 2.24) is 5.32 Å². The zero-order valence-electron chi connectivity index (χ0n) is 9.10. The number of hydrogen-bond donors (Lipinski definition) is 1. The number of methoxy groups -OCH3 is 2. The first-order chi connectivity index (χ1) is 7.69. The zero-order valence-corrected chi connectivity index (χ0v) is 9.10. The molecule has 0 aliphatic heterocycles. The normalized spacial score (nSPS) is 11.4. The number of rotatable bonds is 3. The summed E-state index contributed by atoms with van der Waals surface area (Å²) in [5, 5.41) is 2.40. The third-order valence-corrected chi connectivity index (χ3v) is 2.02. The highest BCUT2D eigenvalue weighted by atomic mass is 16.5. The van der Waals surface area contributed by atoms with E-state index in [1.807, 2.05) is 6.07 Å². The molecule has 0 bridgehead atoms. The summed E-state index contributed by atoms with van der Waals surface area (Å²) in [6.45, 7) is 0. The summed E-state index contributed by atoms with van der Waals surface area (Å²) in [4.78, 5) is 22.5. The Labute approximate surface area is 93.4 Å². The molecule has 5 nitrogen and oxygen atoms in total. The Hall–Kier alpha value is -2.04. The fourth-order valence-electron chi connectivity index (χ4n) is 1.22. The van der Waals surface area contributed by atoms with Gasteiger partial charge in [0, 0.05) is 0 Å². The van der Waals surface area contributed by atoms with Gasteiger partial charge in [-0.3, -0.25) is 0 Å². The number of nitrogens with one attached hydrogen (secondary N) is 1. The molecule has 1 atom stereocenters. The van der Waals surface area contributed by atoms with Crippen LogP contribution in [0.4, 0.5) is 4.79 Å². The van der Waals surface area contributed by atoms with E-state index < -0.39 is 18.1 Å². The molecule has 86 valence electrons. The van der Waals surface area contributed by atoms with Gasteiger partial charge in [0.05, 0.1) is 14.2 Å². The standard InChI is InChI=1S/C11H13NO4/c1-15-10(13)9(12-11(14)16-2)8-6-4-3-5-7-8/h3-7,9H,1-2H3,(H,12,14)/t9-/m0/s1. The molecule has 0 fully saturated rings. The van der Waals surface area contributed by atoms with Gasteiger partial charge in [0.15, 0.2) is 6.04 Å². The van der Waals surface area contributed by atoms with Crippen molar-refractivity contribution in [3.8, 4) is 0 Å². The fourth-order valence-corrected chi connectivity index (χ4v) is 1.22. The Morgan fingerprint density at radius 2 is 1.75 bits per heavy atom. The molecule has 0 spiro atoms. The highest BCUT2D eigenvalue weighted by Gasteiger charge is 2.23. The van der Waals surface area contributed by atoms with E-state index in [0.29, 0.717) is 5.56 Å². The van der Waals surface area contributed by atoms with Crippen molar-refractivity contribution in [2.24, 2.45) is 0 Å². The van der Waals surface area contributed by atoms with Crippen molar-refractivity contribution < 1.29 is 19.1 Å². The number of esters is 1. The number of carbonyl (C=O) groups is 2. The van der Waals surface area contributed by atoms with E-state index >= 15 is 0 Å². The van der Waals surface area contributed by atoms with Crippen LogP contribution in [0.25, 0.3) is 0 Å². The molecule has 0 saturated carbocycles. The van der Waals surface area contributed by atoms with Crippen LogP contribution in [0.2, 0.25) is 0 Å². The Morgan fingerprint density at radius 3 is 2.25 bits per heavy atom. The molecule has 1 rings (SSSR count). The van der Waals surface area contributed by atoms with E-state index in [-0.39, 0.29) is 0 Å². The Bertz CT molecular complexity index is 364. The summed E-state index contributed by atoms with van der Waals surface area (Å²) in [6, 6.07) is 7.94. The summed E-state index contributed by atoms with van der Waals surface area (Å²) in [5.74, 6) is -0.545. The molecule has 1 amide bonds. The molecule has 0 aliphatic rings. The molecule has 16 heavy (non-hydrogen) atoms. The van der Waals surface area contributed by atoms with Crippen LogP contribution in [-0.2, 0) is 14.3 Å². The zero-order chi connectivity index (χ0) is 12.0. The first-order valence-corrected chi connectivity index (χ1v) is 4.66. The summed E-state index contributed by atoms with van der Waals surface area (Å²) < 4.78 is 9.04. The molecule has 0 heterocycles. The average Bonchev–Trinajstić information content (AvgIpc) is 2.35. The van der Waals surface area contributed by atoms with Gasteiger partial charge in [0.25, 0.3) is 0 Å². The molecule has 1 N–H and O–H groups in total. The van der Waals surface area contributed by atoms with Gasteiger partial charge in [-0.05, 0) is 5.56 Å².